The zero-order chi connectivity index (χ0) is 18.1. The Morgan fingerprint density at radius 2 is 2.20 bits per heavy atom. The van der Waals surface area contributed by atoms with Gasteiger partial charge in [0.1, 0.15) is 22.6 Å². The third-order valence-corrected chi connectivity index (χ3v) is 4.79. The monoisotopic (exact) mass is 359 g/mol. The molecule has 0 aliphatic heterocycles. The van der Waals surface area contributed by atoms with Crippen molar-refractivity contribution < 1.29 is 19.7 Å². The fourth-order valence-electron chi connectivity index (χ4n) is 2.41. The van der Waals surface area contributed by atoms with Crippen LogP contribution in [-0.2, 0) is 11.2 Å². The van der Waals surface area contributed by atoms with Gasteiger partial charge in [-0.25, -0.2) is 9.78 Å². The summed E-state index contributed by atoms with van der Waals surface area (Å²) in [5, 5.41) is 2.97. The molecule has 25 heavy (non-hydrogen) atoms. The van der Waals surface area contributed by atoms with Crippen LogP contribution in [0.3, 0.4) is 0 Å². The molecular formula is C18H19N2O4S+. The van der Waals surface area contributed by atoms with Gasteiger partial charge >= 0.3 is 5.97 Å². The number of carbonyl (C=O) groups is 1. The Hall–Kier alpha value is -2.51. The molecule has 3 N–H and O–H groups in total. The van der Waals surface area contributed by atoms with Crippen molar-refractivity contribution in [2.45, 2.75) is 33.2 Å². The molecule has 0 fully saturated rings. The highest BCUT2D eigenvalue weighted by molar-refractivity contribution is 7.13. The first kappa shape index (κ1) is 17.3. The van der Waals surface area contributed by atoms with Crippen LogP contribution >= 0.6 is 11.3 Å². The van der Waals surface area contributed by atoms with Crippen molar-refractivity contribution in [3.8, 4) is 16.3 Å². The number of benzene rings is 1. The zero-order valence-electron chi connectivity index (χ0n) is 14.3. The minimum Gasteiger partial charge on any atom is -0.463 e. The van der Waals surface area contributed by atoms with E-state index in [0.29, 0.717) is 33.7 Å². The topological polar surface area (TPSA) is 97.0 Å². The average molecular weight is 359 g/mol. The highest BCUT2D eigenvalue weighted by Gasteiger charge is 2.19. The fourth-order valence-corrected chi connectivity index (χ4v) is 3.21. The normalized spacial score (nSPS) is 12.3. The smallest absolute Gasteiger partial charge is 0.369 e. The number of carbonyl (C=O) groups excluding carboxylic acids is 1. The molecule has 3 rings (SSSR count). The SMILES string of the molecule is CCc1cc2c(=O)c(-c3nc(C)cs3)coc2cc1OC(=O)C(C)[NH3+]. The molecule has 0 saturated carbocycles. The summed E-state index contributed by atoms with van der Waals surface area (Å²) in [6.45, 7) is 5.47. The van der Waals surface area contributed by atoms with E-state index in [-0.39, 0.29) is 5.43 Å². The van der Waals surface area contributed by atoms with Crippen LogP contribution in [0.15, 0.2) is 33.0 Å². The molecule has 0 saturated heterocycles. The van der Waals surface area contributed by atoms with Crippen LogP contribution in [0.1, 0.15) is 25.1 Å². The predicted molar refractivity (Wildman–Crippen MR) is 95.7 cm³/mol. The first-order chi connectivity index (χ1) is 11.9. The summed E-state index contributed by atoms with van der Waals surface area (Å²) in [4.78, 5) is 29.0. The van der Waals surface area contributed by atoms with Gasteiger partial charge in [-0.05, 0) is 31.9 Å². The second-order valence-corrected chi connectivity index (χ2v) is 6.76. The van der Waals surface area contributed by atoms with Crippen molar-refractivity contribution in [2.24, 2.45) is 0 Å². The summed E-state index contributed by atoms with van der Waals surface area (Å²) >= 11 is 1.40. The van der Waals surface area contributed by atoms with Crippen molar-refractivity contribution in [1.29, 1.82) is 0 Å². The van der Waals surface area contributed by atoms with Gasteiger partial charge in [-0.15, -0.1) is 11.3 Å². The highest BCUT2D eigenvalue weighted by atomic mass is 32.1. The zero-order valence-corrected chi connectivity index (χ0v) is 15.1. The molecular weight excluding hydrogens is 340 g/mol. The first-order valence-electron chi connectivity index (χ1n) is 7.96. The van der Waals surface area contributed by atoms with Gasteiger partial charge in [-0.3, -0.25) is 4.79 Å². The molecule has 1 unspecified atom stereocenters. The average Bonchev–Trinajstić information content (AvgIpc) is 3.00. The summed E-state index contributed by atoms with van der Waals surface area (Å²) in [6, 6.07) is 2.83. The van der Waals surface area contributed by atoms with E-state index < -0.39 is 12.0 Å². The van der Waals surface area contributed by atoms with Crippen molar-refractivity contribution in [2.75, 3.05) is 0 Å². The van der Waals surface area contributed by atoms with Gasteiger partial charge in [0.05, 0.1) is 10.9 Å². The van der Waals surface area contributed by atoms with Gasteiger partial charge < -0.3 is 14.9 Å². The molecule has 0 aliphatic carbocycles. The lowest BCUT2D eigenvalue weighted by Crippen LogP contribution is -2.64. The van der Waals surface area contributed by atoms with Gasteiger partial charge in [0.25, 0.3) is 0 Å². The van der Waals surface area contributed by atoms with Crippen molar-refractivity contribution in [3.05, 3.63) is 45.3 Å². The van der Waals surface area contributed by atoms with E-state index in [9.17, 15) is 9.59 Å². The van der Waals surface area contributed by atoms with Crippen molar-refractivity contribution >= 4 is 28.3 Å². The largest absolute Gasteiger partial charge is 0.463 e. The molecule has 0 spiro atoms. The van der Waals surface area contributed by atoms with Crippen molar-refractivity contribution in [3.63, 3.8) is 0 Å². The summed E-state index contributed by atoms with van der Waals surface area (Å²) in [5.74, 6) is -0.0252. The fraction of sp³-hybridized carbons (Fsp3) is 0.278. The van der Waals surface area contributed by atoms with Crippen LogP contribution < -0.4 is 15.9 Å². The van der Waals surface area contributed by atoms with E-state index in [1.165, 1.54) is 17.6 Å². The van der Waals surface area contributed by atoms with E-state index in [2.05, 4.69) is 10.7 Å². The molecule has 0 amide bonds. The van der Waals surface area contributed by atoms with Crippen LogP contribution in [0.25, 0.3) is 21.5 Å². The number of quaternary nitrogens is 1. The number of rotatable bonds is 4. The van der Waals surface area contributed by atoms with Gasteiger partial charge in [0.2, 0.25) is 5.43 Å². The lowest BCUT2D eigenvalue weighted by molar-refractivity contribution is -0.401. The molecule has 1 atom stereocenters. The molecule has 2 aromatic heterocycles. The third kappa shape index (κ3) is 3.33. The van der Waals surface area contributed by atoms with E-state index in [1.54, 1.807) is 19.1 Å². The van der Waals surface area contributed by atoms with Gasteiger partial charge in [-0.2, -0.15) is 0 Å². The quantitative estimate of drug-likeness (QED) is 0.569. The number of hydrogen-bond donors (Lipinski definition) is 1. The molecule has 6 nitrogen and oxygen atoms in total. The second-order valence-electron chi connectivity index (χ2n) is 5.90. The Kier molecular flexibility index (Phi) is 4.69. The number of fused-ring (bicyclic) bond motifs is 1. The molecule has 130 valence electrons. The molecule has 0 radical (unpaired) electrons. The van der Waals surface area contributed by atoms with Gasteiger partial charge in [-0.1, -0.05) is 6.92 Å². The Balaban J connectivity index is 2.14. The van der Waals surface area contributed by atoms with Gasteiger partial charge in [0, 0.05) is 17.1 Å². The Labute approximate surface area is 148 Å². The molecule has 2 heterocycles. The number of aromatic nitrogens is 1. The van der Waals surface area contributed by atoms with Crippen LogP contribution in [0.4, 0.5) is 0 Å². The number of esters is 1. The Bertz CT molecular complexity index is 1000. The van der Waals surface area contributed by atoms with E-state index in [4.69, 9.17) is 9.15 Å². The summed E-state index contributed by atoms with van der Waals surface area (Å²) in [6.07, 6.45) is 2.02. The van der Waals surface area contributed by atoms with Crippen LogP contribution in [-0.4, -0.2) is 17.0 Å². The van der Waals surface area contributed by atoms with Crippen LogP contribution in [0.5, 0.6) is 5.75 Å². The Morgan fingerprint density at radius 1 is 1.44 bits per heavy atom. The first-order valence-corrected chi connectivity index (χ1v) is 8.84. The minimum absolute atomic E-state index is 0.145. The highest BCUT2D eigenvalue weighted by Crippen LogP contribution is 2.28. The summed E-state index contributed by atoms with van der Waals surface area (Å²) < 4.78 is 11.0. The molecule has 7 heteroatoms. The van der Waals surface area contributed by atoms with E-state index in [1.807, 2.05) is 19.2 Å². The molecule has 1 aromatic carbocycles. The maximum absolute atomic E-state index is 12.8. The third-order valence-electron chi connectivity index (χ3n) is 3.80. The molecule has 3 aromatic rings. The minimum atomic E-state index is -0.483. The number of thiazole rings is 1. The number of nitrogens with zero attached hydrogens (tertiary/aromatic N) is 1. The molecule has 0 bridgehead atoms. The maximum Gasteiger partial charge on any atom is 0.369 e. The van der Waals surface area contributed by atoms with E-state index in [0.717, 1.165) is 11.3 Å². The van der Waals surface area contributed by atoms with Gasteiger partial charge in [0.15, 0.2) is 6.04 Å². The molecule has 0 aliphatic rings. The van der Waals surface area contributed by atoms with E-state index >= 15 is 0 Å². The summed E-state index contributed by atoms with van der Waals surface area (Å²) in [5.41, 5.74) is 5.95. The Morgan fingerprint density at radius 3 is 2.80 bits per heavy atom. The maximum atomic E-state index is 12.8. The summed E-state index contributed by atoms with van der Waals surface area (Å²) in [7, 11) is 0. The lowest BCUT2D eigenvalue weighted by atomic mass is 10.1. The number of aryl methyl sites for hydroxylation is 2. The second kappa shape index (κ2) is 6.78. The lowest BCUT2D eigenvalue weighted by Gasteiger charge is -2.10. The van der Waals surface area contributed by atoms with Crippen LogP contribution in [0, 0.1) is 6.92 Å². The predicted octanol–water partition coefficient (Wildman–Crippen LogP) is 2.32. The standard InChI is InChI=1S/C18H18N2O4S/c1-4-11-5-12-15(6-14(11)24-18(22)10(3)19)23-7-13(16(12)21)17-20-9(2)8-25-17/h5-8,10H,4,19H2,1-3H3/p+1. The number of ether oxygens (including phenoxy) is 1. The van der Waals surface area contributed by atoms with Crippen molar-refractivity contribution in [1.82, 2.24) is 4.98 Å². The van der Waals surface area contributed by atoms with Crippen LogP contribution in [0.2, 0.25) is 0 Å². The number of hydrogen-bond acceptors (Lipinski definition) is 6.